The van der Waals surface area contributed by atoms with Gasteiger partial charge in [-0.3, -0.25) is 14.5 Å². The molecule has 1 fully saturated rings. The average Bonchev–Trinajstić information content (AvgIpc) is 2.45. The Morgan fingerprint density at radius 1 is 1.48 bits per heavy atom. The maximum Gasteiger partial charge on any atom is 0.238 e. The van der Waals surface area contributed by atoms with Crippen molar-refractivity contribution < 1.29 is 9.59 Å². The topological polar surface area (TPSA) is 73.5 Å². The molecule has 116 valence electrons. The highest BCUT2D eigenvalue weighted by Gasteiger charge is 2.21. The Labute approximate surface area is 125 Å². The second kappa shape index (κ2) is 7.26. The number of hydrogen-bond donors (Lipinski definition) is 3. The third-order valence-corrected chi connectivity index (χ3v) is 4.06. The fraction of sp³-hybridized carbons (Fsp3) is 0.600. The second-order valence-electron chi connectivity index (χ2n) is 5.71. The third kappa shape index (κ3) is 4.32. The van der Waals surface area contributed by atoms with Gasteiger partial charge in [-0.05, 0) is 39.3 Å². The normalized spacial score (nSPS) is 26.2. The second-order valence-corrected chi connectivity index (χ2v) is 5.71. The van der Waals surface area contributed by atoms with E-state index in [-0.39, 0.29) is 11.9 Å². The fourth-order valence-electron chi connectivity index (χ4n) is 2.72. The quantitative estimate of drug-likeness (QED) is 0.643. The van der Waals surface area contributed by atoms with Crippen molar-refractivity contribution in [1.82, 2.24) is 20.9 Å². The molecule has 3 N–H and O–H groups in total. The summed E-state index contributed by atoms with van der Waals surface area (Å²) >= 11 is 0. The number of hydrogen-bond acceptors (Lipinski definition) is 4. The summed E-state index contributed by atoms with van der Waals surface area (Å²) in [5.74, 6) is -0.0203. The molecule has 6 heteroatoms. The number of carbonyl (C=O) groups is 2. The molecule has 2 heterocycles. The first-order chi connectivity index (χ1) is 10.1. The first-order valence-electron chi connectivity index (χ1n) is 7.52. The van der Waals surface area contributed by atoms with Crippen LogP contribution in [0, 0.1) is 0 Å². The predicted molar refractivity (Wildman–Crippen MR) is 81.0 cm³/mol. The molecular weight excluding hydrogens is 268 g/mol. The van der Waals surface area contributed by atoms with Crippen molar-refractivity contribution in [2.45, 2.75) is 45.2 Å². The monoisotopic (exact) mass is 292 g/mol. The molecule has 0 aliphatic carbocycles. The molecule has 0 aromatic carbocycles. The summed E-state index contributed by atoms with van der Waals surface area (Å²) in [6, 6.07) is 0.490. The SMILES string of the molecule is CC1NC=C(NC(=O)CN2CCCCC2C)C=C1NC=O. The lowest BCUT2D eigenvalue weighted by Crippen LogP contribution is -2.44. The van der Waals surface area contributed by atoms with E-state index < -0.39 is 0 Å². The van der Waals surface area contributed by atoms with Crippen LogP contribution < -0.4 is 16.0 Å². The molecule has 0 saturated carbocycles. The number of rotatable bonds is 5. The zero-order valence-electron chi connectivity index (χ0n) is 12.7. The van der Waals surface area contributed by atoms with Crippen molar-refractivity contribution in [1.29, 1.82) is 0 Å². The molecule has 0 aromatic rings. The molecule has 2 aliphatic heterocycles. The van der Waals surface area contributed by atoms with Crippen molar-refractivity contribution >= 4 is 12.3 Å². The minimum Gasteiger partial charge on any atom is -0.381 e. The van der Waals surface area contributed by atoms with Gasteiger partial charge in [-0.15, -0.1) is 0 Å². The van der Waals surface area contributed by atoms with Crippen LogP contribution in [-0.2, 0) is 9.59 Å². The van der Waals surface area contributed by atoms with Gasteiger partial charge in [0.25, 0.3) is 0 Å². The van der Waals surface area contributed by atoms with E-state index in [0.717, 1.165) is 25.1 Å². The number of likely N-dealkylation sites (tertiary alicyclic amines) is 1. The van der Waals surface area contributed by atoms with E-state index in [0.29, 0.717) is 24.7 Å². The van der Waals surface area contributed by atoms with E-state index in [1.165, 1.54) is 6.42 Å². The van der Waals surface area contributed by atoms with Gasteiger partial charge in [-0.1, -0.05) is 6.42 Å². The minimum absolute atomic E-state index is 0.0203. The number of piperidine rings is 1. The van der Waals surface area contributed by atoms with Gasteiger partial charge in [0.1, 0.15) is 0 Å². The van der Waals surface area contributed by atoms with Gasteiger partial charge >= 0.3 is 0 Å². The average molecular weight is 292 g/mol. The van der Waals surface area contributed by atoms with Crippen LogP contribution in [0.25, 0.3) is 0 Å². The van der Waals surface area contributed by atoms with Crippen LogP contribution in [0.4, 0.5) is 0 Å². The lowest BCUT2D eigenvalue weighted by molar-refractivity contribution is -0.122. The summed E-state index contributed by atoms with van der Waals surface area (Å²) in [5.41, 5.74) is 1.42. The molecule has 2 atom stereocenters. The molecule has 2 unspecified atom stereocenters. The minimum atomic E-state index is -0.0203. The Kier molecular flexibility index (Phi) is 5.38. The summed E-state index contributed by atoms with van der Waals surface area (Å²) in [4.78, 5) is 24.9. The molecule has 1 saturated heterocycles. The molecule has 0 aromatic heterocycles. The summed E-state index contributed by atoms with van der Waals surface area (Å²) < 4.78 is 0. The largest absolute Gasteiger partial charge is 0.381 e. The lowest BCUT2D eigenvalue weighted by atomic mass is 10.0. The van der Waals surface area contributed by atoms with Crippen LogP contribution in [0.3, 0.4) is 0 Å². The number of nitrogens with zero attached hydrogens (tertiary/aromatic N) is 1. The molecule has 2 aliphatic rings. The Morgan fingerprint density at radius 2 is 2.29 bits per heavy atom. The zero-order chi connectivity index (χ0) is 15.2. The van der Waals surface area contributed by atoms with Crippen molar-refractivity contribution in [3.63, 3.8) is 0 Å². The number of nitrogens with one attached hydrogen (secondary N) is 3. The molecule has 2 rings (SSSR count). The fourth-order valence-corrected chi connectivity index (χ4v) is 2.72. The molecule has 21 heavy (non-hydrogen) atoms. The van der Waals surface area contributed by atoms with Crippen molar-refractivity contribution in [2.75, 3.05) is 13.1 Å². The maximum atomic E-state index is 12.1. The number of dihydropyridines is 1. The van der Waals surface area contributed by atoms with Gasteiger partial charge in [0.2, 0.25) is 12.3 Å². The van der Waals surface area contributed by atoms with Crippen molar-refractivity contribution in [3.05, 3.63) is 23.7 Å². The van der Waals surface area contributed by atoms with Crippen LogP contribution in [0.15, 0.2) is 23.7 Å². The van der Waals surface area contributed by atoms with Gasteiger partial charge in [0, 0.05) is 17.9 Å². The maximum absolute atomic E-state index is 12.1. The highest BCUT2D eigenvalue weighted by Crippen LogP contribution is 2.15. The molecule has 2 amide bonds. The number of amides is 2. The lowest BCUT2D eigenvalue weighted by Gasteiger charge is -2.32. The van der Waals surface area contributed by atoms with Gasteiger partial charge in [0.15, 0.2) is 0 Å². The Balaban J connectivity index is 1.89. The van der Waals surface area contributed by atoms with Gasteiger partial charge in [0.05, 0.1) is 18.3 Å². The van der Waals surface area contributed by atoms with Crippen molar-refractivity contribution in [2.24, 2.45) is 0 Å². The van der Waals surface area contributed by atoms with Crippen LogP contribution >= 0.6 is 0 Å². The molecule has 6 nitrogen and oxygen atoms in total. The van der Waals surface area contributed by atoms with E-state index >= 15 is 0 Å². The Hall–Kier alpha value is -1.82. The Bertz CT molecular complexity index is 459. The highest BCUT2D eigenvalue weighted by molar-refractivity contribution is 5.80. The highest BCUT2D eigenvalue weighted by atomic mass is 16.2. The van der Waals surface area contributed by atoms with Crippen LogP contribution in [0.5, 0.6) is 0 Å². The molecule has 0 spiro atoms. The molecule has 0 bridgehead atoms. The summed E-state index contributed by atoms with van der Waals surface area (Å²) in [5, 5.41) is 8.63. The number of carbonyl (C=O) groups excluding carboxylic acids is 2. The molecule has 0 radical (unpaired) electrons. The van der Waals surface area contributed by atoms with E-state index in [2.05, 4.69) is 27.8 Å². The predicted octanol–water partition coefficient (Wildman–Crippen LogP) is 0.440. The standard InChI is InChI=1S/C15H24N4O2/c1-11-5-3-4-6-19(11)9-15(21)18-13-7-14(17-10-20)12(2)16-8-13/h7-8,10-12,16H,3-6,9H2,1-2H3,(H,17,20)(H,18,21). The van der Waals surface area contributed by atoms with Gasteiger partial charge < -0.3 is 16.0 Å². The van der Waals surface area contributed by atoms with E-state index in [9.17, 15) is 9.59 Å². The zero-order valence-corrected chi connectivity index (χ0v) is 12.7. The van der Waals surface area contributed by atoms with Crippen LogP contribution in [-0.4, -0.2) is 42.4 Å². The number of allylic oxidation sites excluding steroid dienone is 1. The van der Waals surface area contributed by atoms with Gasteiger partial charge in [-0.2, -0.15) is 0 Å². The summed E-state index contributed by atoms with van der Waals surface area (Å²) in [6.07, 6.45) is 7.75. The third-order valence-electron chi connectivity index (χ3n) is 4.06. The van der Waals surface area contributed by atoms with E-state index in [1.807, 2.05) is 6.92 Å². The first kappa shape index (κ1) is 15.6. The first-order valence-corrected chi connectivity index (χ1v) is 7.52. The smallest absolute Gasteiger partial charge is 0.238 e. The van der Waals surface area contributed by atoms with E-state index in [1.54, 1.807) is 12.3 Å². The van der Waals surface area contributed by atoms with Crippen molar-refractivity contribution in [3.8, 4) is 0 Å². The van der Waals surface area contributed by atoms with Crippen LogP contribution in [0.2, 0.25) is 0 Å². The Morgan fingerprint density at radius 3 is 3.00 bits per heavy atom. The van der Waals surface area contributed by atoms with Crippen LogP contribution in [0.1, 0.15) is 33.1 Å². The van der Waals surface area contributed by atoms with Gasteiger partial charge in [-0.25, -0.2) is 0 Å². The van der Waals surface area contributed by atoms with E-state index in [4.69, 9.17) is 0 Å². The molecular formula is C15H24N4O2. The summed E-state index contributed by atoms with van der Waals surface area (Å²) in [6.45, 7) is 5.50. The summed E-state index contributed by atoms with van der Waals surface area (Å²) in [7, 11) is 0.